The Morgan fingerprint density at radius 2 is 2.19 bits per heavy atom. The fourth-order valence-electron chi connectivity index (χ4n) is 2.41. The van der Waals surface area contributed by atoms with E-state index in [1.165, 1.54) is 12.8 Å². The van der Waals surface area contributed by atoms with Gasteiger partial charge >= 0.3 is 0 Å². The van der Waals surface area contributed by atoms with Crippen molar-refractivity contribution in [1.29, 1.82) is 0 Å². The Hall–Kier alpha value is -1.16. The molecule has 1 aliphatic heterocycles. The average Bonchev–Trinajstić information content (AvgIpc) is 2.31. The molecule has 0 aliphatic carbocycles. The number of piperidine rings is 1. The Balaban J connectivity index is 2.19. The molecule has 0 bridgehead atoms. The molecule has 2 rings (SSSR count). The van der Waals surface area contributed by atoms with E-state index in [9.17, 15) is 0 Å². The van der Waals surface area contributed by atoms with Gasteiger partial charge in [-0.15, -0.1) is 0 Å². The van der Waals surface area contributed by atoms with E-state index in [1.807, 2.05) is 6.92 Å². The summed E-state index contributed by atoms with van der Waals surface area (Å²) < 4.78 is 0. The van der Waals surface area contributed by atoms with Crippen molar-refractivity contribution in [2.45, 2.75) is 38.6 Å². The predicted molar refractivity (Wildman–Crippen MR) is 63.5 cm³/mol. The van der Waals surface area contributed by atoms with E-state index in [0.717, 1.165) is 30.9 Å². The first-order valence-corrected chi connectivity index (χ1v) is 5.98. The van der Waals surface area contributed by atoms with Crippen molar-refractivity contribution in [3.63, 3.8) is 0 Å². The summed E-state index contributed by atoms with van der Waals surface area (Å²) in [4.78, 5) is 11.0. The van der Waals surface area contributed by atoms with Crippen molar-refractivity contribution < 1.29 is 5.11 Å². The summed E-state index contributed by atoms with van der Waals surface area (Å²) in [7, 11) is 0. The molecule has 0 saturated carbocycles. The molecule has 1 unspecified atom stereocenters. The van der Waals surface area contributed by atoms with Crippen molar-refractivity contribution >= 4 is 5.82 Å². The van der Waals surface area contributed by atoms with Crippen LogP contribution in [0.4, 0.5) is 5.82 Å². The van der Waals surface area contributed by atoms with E-state index >= 15 is 0 Å². The molecular weight excluding hydrogens is 202 g/mol. The highest BCUT2D eigenvalue weighted by Crippen LogP contribution is 2.26. The maximum absolute atomic E-state index is 9.09. The number of aromatic nitrogens is 2. The zero-order chi connectivity index (χ0) is 11.4. The van der Waals surface area contributed by atoms with Gasteiger partial charge in [-0.3, -0.25) is 4.98 Å². The lowest BCUT2D eigenvalue weighted by molar-refractivity contribution is 0.262. The van der Waals surface area contributed by atoms with Gasteiger partial charge in [-0.25, -0.2) is 4.98 Å². The molecule has 1 aromatic rings. The van der Waals surface area contributed by atoms with Crippen LogP contribution in [0.2, 0.25) is 0 Å². The molecule has 4 nitrogen and oxygen atoms in total. The second-order valence-corrected chi connectivity index (χ2v) is 4.32. The van der Waals surface area contributed by atoms with Gasteiger partial charge in [0.1, 0.15) is 5.82 Å². The molecule has 0 radical (unpaired) electrons. The van der Waals surface area contributed by atoms with Crippen LogP contribution in [0.1, 0.15) is 31.4 Å². The molecule has 1 aromatic heterocycles. The van der Waals surface area contributed by atoms with E-state index in [2.05, 4.69) is 14.9 Å². The summed E-state index contributed by atoms with van der Waals surface area (Å²) >= 11 is 0. The first kappa shape index (κ1) is 11.3. The van der Waals surface area contributed by atoms with E-state index in [4.69, 9.17) is 5.11 Å². The first-order valence-electron chi connectivity index (χ1n) is 5.98. The van der Waals surface area contributed by atoms with Crippen LogP contribution in [-0.2, 0) is 0 Å². The van der Waals surface area contributed by atoms with Crippen LogP contribution in [-0.4, -0.2) is 34.3 Å². The van der Waals surface area contributed by atoms with E-state index in [1.54, 1.807) is 12.4 Å². The zero-order valence-electron chi connectivity index (χ0n) is 9.76. The second kappa shape index (κ2) is 5.25. The van der Waals surface area contributed by atoms with Crippen molar-refractivity contribution in [3.8, 4) is 0 Å². The number of rotatable bonds is 3. The Morgan fingerprint density at radius 1 is 1.38 bits per heavy atom. The molecule has 1 N–H and O–H groups in total. The number of hydrogen-bond donors (Lipinski definition) is 1. The number of nitrogens with zero attached hydrogens (tertiary/aromatic N) is 3. The number of aryl methyl sites for hydroxylation is 1. The third-order valence-electron chi connectivity index (χ3n) is 3.22. The summed E-state index contributed by atoms with van der Waals surface area (Å²) in [6.07, 6.45) is 7.90. The Kier molecular flexibility index (Phi) is 3.72. The fraction of sp³-hybridized carbons (Fsp3) is 0.667. The van der Waals surface area contributed by atoms with E-state index in [0.29, 0.717) is 6.04 Å². The predicted octanol–water partition coefficient (Wildman–Crippen LogP) is 1.53. The van der Waals surface area contributed by atoms with Crippen LogP contribution in [0.3, 0.4) is 0 Å². The van der Waals surface area contributed by atoms with Crippen molar-refractivity contribution in [3.05, 3.63) is 18.1 Å². The molecular formula is C12H19N3O. The van der Waals surface area contributed by atoms with Gasteiger partial charge in [0.15, 0.2) is 0 Å². The number of aliphatic hydroxyl groups is 1. The lowest BCUT2D eigenvalue weighted by Crippen LogP contribution is -2.41. The maximum atomic E-state index is 9.09. The molecule has 1 atom stereocenters. The van der Waals surface area contributed by atoms with Gasteiger partial charge in [-0.2, -0.15) is 0 Å². The monoisotopic (exact) mass is 221 g/mol. The summed E-state index contributed by atoms with van der Waals surface area (Å²) in [5, 5.41) is 9.09. The SMILES string of the molecule is Cc1nccnc1N1CCCCC1CCO. The van der Waals surface area contributed by atoms with E-state index in [-0.39, 0.29) is 6.61 Å². The Labute approximate surface area is 96.3 Å². The highest BCUT2D eigenvalue weighted by Gasteiger charge is 2.24. The average molecular weight is 221 g/mol. The molecule has 1 saturated heterocycles. The molecule has 0 amide bonds. The minimum Gasteiger partial charge on any atom is -0.396 e. The van der Waals surface area contributed by atoms with E-state index < -0.39 is 0 Å². The number of anilines is 1. The van der Waals surface area contributed by atoms with Crippen LogP contribution < -0.4 is 4.90 Å². The fourth-order valence-corrected chi connectivity index (χ4v) is 2.41. The van der Waals surface area contributed by atoms with Gasteiger partial charge in [-0.1, -0.05) is 0 Å². The molecule has 1 fully saturated rings. The maximum Gasteiger partial charge on any atom is 0.150 e. The topological polar surface area (TPSA) is 49.2 Å². The van der Waals surface area contributed by atoms with Crippen molar-refractivity contribution in [2.75, 3.05) is 18.1 Å². The molecule has 0 aromatic carbocycles. The quantitative estimate of drug-likeness (QED) is 0.841. The number of aliphatic hydroxyl groups excluding tert-OH is 1. The zero-order valence-corrected chi connectivity index (χ0v) is 9.76. The standard InChI is InChI=1S/C12H19N3O/c1-10-12(14-7-6-13-10)15-8-3-2-4-11(15)5-9-16/h6-7,11,16H,2-5,8-9H2,1H3. The molecule has 4 heteroatoms. The van der Waals surface area contributed by atoms with Crippen LogP contribution in [0, 0.1) is 6.92 Å². The molecule has 0 spiro atoms. The summed E-state index contributed by atoms with van der Waals surface area (Å²) in [5.74, 6) is 0.987. The molecule has 1 aliphatic rings. The van der Waals surface area contributed by atoms with Crippen LogP contribution in [0.15, 0.2) is 12.4 Å². The highest BCUT2D eigenvalue weighted by molar-refractivity contribution is 5.43. The second-order valence-electron chi connectivity index (χ2n) is 4.32. The third-order valence-corrected chi connectivity index (χ3v) is 3.22. The molecule has 88 valence electrons. The van der Waals surface area contributed by atoms with Gasteiger partial charge in [0, 0.05) is 31.6 Å². The lowest BCUT2D eigenvalue weighted by atomic mass is 9.99. The minimum absolute atomic E-state index is 0.250. The Morgan fingerprint density at radius 3 is 2.94 bits per heavy atom. The Bertz CT molecular complexity index is 341. The smallest absolute Gasteiger partial charge is 0.150 e. The van der Waals surface area contributed by atoms with Gasteiger partial charge in [0.05, 0.1) is 5.69 Å². The molecule has 16 heavy (non-hydrogen) atoms. The third kappa shape index (κ3) is 2.32. The van der Waals surface area contributed by atoms with Crippen LogP contribution >= 0.6 is 0 Å². The first-order chi connectivity index (χ1) is 7.83. The minimum atomic E-state index is 0.250. The van der Waals surface area contributed by atoms with Crippen molar-refractivity contribution in [2.24, 2.45) is 0 Å². The normalized spacial score (nSPS) is 21.1. The number of hydrogen-bond acceptors (Lipinski definition) is 4. The van der Waals surface area contributed by atoms with Crippen LogP contribution in [0.25, 0.3) is 0 Å². The van der Waals surface area contributed by atoms with Gasteiger partial charge in [0.25, 0.3) is 0 Å². The molecule has 2 heterocycles. The van der Waals surface area contributed by atoms with Crippen molar-refractivity contribution in [1.82, 2.24) is 9.97 Å². The summed E-state index contributed by atoms with van der Waals surface area (Å²) in [5.41, 5.74) is 0.979. The van der Waals surface area contributed by atoms with Gasteiger partial charge in [0.2, 0.25) is 0 Å². The van der Waals surface area contributed by atoms with Crippen LogP contribution in [0.5, 0.6) is 0 Å². The van der Waals surface area contributed by atoms with Gasteiger partial charge in [-0.05, 0) is 32.6 Å². The lowest BCUT2D eigenvalue weighted by Gasteiger charge is -2.36. The van der Waals surface area contributed by atoms with Gasteiger partial charge < -0.3 is 10.0 Å². The highest BCUT2D eigenvalue weighted by atomic mass is 16.3. The summed E-state index contributed by atoms with van der Waals surface area (Å²) in [6.45, 7) is 3.28. The summed E-state index contributed by atoms with van der Waals surface area (Å²) in [6, 6.07) is 0.425. The largest absolute Gasteiger partial charge is 0.396 e.